The minimum atomic E-state index is -0.494. The summed E-state index contributed by atoms with van der Waals surface area (Å²) in [6.45, 7) is 0. The van der Waals surface area contributed by atoms with Gasteiger partial charge in [-0.2, -0.15) is 0 Å². The van der Waals surface area contributed by atoms with Crippen LogP contribution >= 0.6 is 0 Å². The number of anilines is 2. The molecule has 1 fully saturated rings. The average Bonchev–Trinajstić information content (AvgIpc) is 2.92. The van der Waals surface area contributed by atoms with Gasteiger partial charge in [0.1, 0.15) is 6.04 Å². The van der Waals surface area contributed by atoms with Crippen LogP contribution in [0.5, 0.6) is 0 Å². The van der Waals surface area contributed by atoms with E-state index in [1.807, 2.05) is 24.3 Å². The molecule has 0 unspecified atom stereocenters. The third-order valence-electron chi connectivity index (χ3n) is 3.94. The fraction of sp³-hybridized carbons (Fsp3) is 0.467. The number of carbonyl (C=O) groups is 2. The summed E-state index contributed by atoms with van der Waals surface area (Å²) in [5.74, 6) is -0.200. The Morgan fingerprint density at radius 1 is 1.20 bits per heavy atom. The Morgan fingerprint density at radius 2 is 1.90 bits per heavy atom. The summed E-state index contributed by atoms with van der Waals surface area (Å²) < 4.78 is 0. The second-order valence-electron chi connectivity index (χ2n) is 5.48. The van der Waals surface area contributed by atoms with Crippen molar-refractivity contribution in [2.45, 2.75) is 44.2 Å². The maximum absolute atomic E-state index is 12.0. The summed E-state index contributed by atoms with van der Waals surface area (Å²) in [4.78, 5) is 24.0. The molecule has 5 nitrogen and oxygen atoms in total. The first-order valence-corrected chi connectivity index (χ1v) is 7.18. The molecule has 1 atom stereocenters. The number of rotatable bonds is 3. The first-order valence-electron chi connectivity index (χ1n) is 7.18. The van der Waals surface area contributed by atoms with Gasteiger partial charge in [-0.05, 0) is 25.0 Å². The molecule has 1 aliphatic heterocycles. The minimum absolute atomic E-state index is 0.0519. The van der Waals surface area contributed by atoms with E-state index in [0.29, 0.717) is 6.04 Å². The summed E-state index contributed by atoms with van der Waals surface area (Å²) in [5.41, 5.74) is 1.63. The van der Waals surface area contributed by atoms with E-state index in [-0.39, 0.29) is 18.2 Å². The Labute approximate surface area is 118 Å². The number of hydrogen-bond acceptors (Lipinski definition) is 3. The number of hydrogen-bond donors (Lipinski definition) is 3. The van der Waals surface area contributed by atoms with Gasteiger partial charge in [0.15, 0.2) is 0 Å². The van der Waals surface area contributed by atoms with Crippen molar-refractivity contribution in [3.63, 3.8) is 0 Å². The molecule has 0 saturated heterocycles. The van der Waals surface area contributed by atoms with Crippen LogP contribution in [0.2, 0.25) is 0 Å². The van der Waals surface area contributed by atoms with Crippen LogP contribution in [-0.4, -0.2) is 23.9 Å². The van der Waals surface area contributed by atoms with Crippen molar-refractivity contribution in [1.82, 2.24) is 5.32 Å². The Balaban J connectivity index is 1.60. The van der Waals surface area contributed by atoms with Gasteiger partial charge in [-0.25, -0.2) is 0 Å². The van der Waals surface area contributed by atoms with Gasteiger partial charge in [-0.15, -0.1) is 0 Å². The van der Waals surface area contributed by atoms with Gasteiger partial charge >= 0.3 is 0 Å². The van der Waals surface area contributed by atoms with Crippen molar-refractivity contribution in [2.24, 2.45) is 0 Å². The van der Waals surface area contributed by atoms with Gasteiger partial charge in [0.2, 0.25) is 11.8 Å². The van der Waals surface area contributed by atoms with Crippen LogP contribution in [-0.2, 0) is 9.59 Å². The molecule has 5 heteroatoms. The summed E-state index contributed by atoms with van der Waals surface area (Å²) in [6.07, 6.45) is 4.65. The molecule has 1 aromatic rings. The molecule has 1 saturated carbocycles. The molecule has 0 radical (unpaired) electrons. The van der Waals surface area contributed by atoms with Gasteiger partial charge in [0.05, 0.1) is 17.8 Å². The standard InChI is InChI=1S/C15H19N3O2/c19-14(16-10-5-1-2-6-10)9-13-15(20)18-12-8-4-3-7-11(12)17-13/h3-4,7-8,10,13,17H,1-2,5-6,9H2,(H,16,19)(H,18,20)/t13-/m1/s1. The molecule has 3 N–H and O–H groups in total. The van der Waals surface area contributed by atoms with E-state index in [1.54, 1.807) is 0 Å². The van der Waals surface area contributed by atoms with E-state index >= 15 is 0 Å². The van der Waals surface area contributed by atoms with Crippen LogP contribution in [0.25, 0.3) is 0 Å². The smallest absolute Gasteiger partial charge is 0.247 e. The Bertz CT molecular complexity index is 524. The number of para-hydroxylation sites is 2. The van der Waals surface area contributed by atoms with Crippen LogP contribution in [0.4, 0.5) is 11.4 Å². The van der Waals surface area contributed by atoms with Crippen LogP contribution < -0.4 is 16.0 Å². The molecule has 106 valence electrons. The SMILES string of the molecule is O=C(C[C@H]1Nc2ccccc2NC1=O)NC1CCCC1. The summed E-state index contributed by atoms with van der Waals surface area (Å²) >= 11 is 0. The van der Waals surface area contributed by atoms with E-state index in [4.69, 9.17) is 0 Å². The number of carbonyl (C=O) groups excluding carboxylic acids is 2. The van der Waals surface area contributed by atoms with Crippen molar-refractivity contribution in [3.8, 4) is 0 Å². The lowest BCUT2D eigenvalue weighted by Crippen LogP contribution is -2.44. The Morgan fingerprint density at radius 3 is 2.65 bits per heavy atom. The Kier molecular flexibility index (Phi) is 3.58. The van der Waals surface area contributed by atoms with E-state index in [1.165, 1.54) is 12.8 Å². The highest BCUT2D eigenvalue weighted by Crippen LogP contribution is 2.26. The maximum Gasteiger partial charge on any atom is 0.247 e. The topological polar surface area (TPSA) is 70.2 Å². The van der Waals surface area contributed by atoms with Crippen molar-refractivity contribution in [2.75, 3.05) is 10.6 Å². The highest BCUT2D eigenvalue weighted by molar-refractivity contribution is 6.04. The summed E-state index contributed by atoms with van der Waals surface area (Å²) in [7, 11) is 0. The lowest BCUT2D eigenvalue weighted by atomic mass is 10.1. The molecular weight excluding hydrogens is 254 g/mol. The quantitative estimate of drug-likeness (QED) is 0.787. The molecular formula is C15H19N3O2. The molecule has 3 rings (SSSR count). The molecule has 0 bridgehead atoms. The van der Waals surface area contributed by atoms with Crippen molar-refractivity contribution >= 4 is 23.2 Å². The van der Waals surface area contributed by atoms with Crippen LogP contribution in [0.3, 0.4) is 0 Å². The normalized spacial score (nSPS) is 21.8. The molecule has 0 spiro atoms. The third kappa shape index (κ3) is 2.76. The monoisotopic (exact) mass is 273 g/mol. The minimum Gasteiger partial charge on any atom is -0.372 e. The molecule has 1 heterocycles. The summed E-state index contributed by atoms with van der Waals surface area (Å²) in [6, 6.07) is 7.31. The Hall–Kier alpha value is -2.04. The van der Waals surface area contributed by atoms with Crippen molar-refractivity contribution in [1.29, 1.82) is 0 Å². The predicted molar refractivity (Wildman–Crippen MR) is 77.5 cm³/mol. The molecule has 20 heavy (non-hydrogen) atoms. The second-order valence-corrected chi connectivity index (χ2v) is 5.48. The van der Waals surface area contributed by atoms with Crippen LogP contribution in [0.1, 0.15) is 32.1 Å². The van der Waals surface area contributed by atoms with Crippen LogP contribution in [0.15, 0.2) is 24.3 Å². The lowest BCUT2D eigenvalue weighted by molar-refractivity contribution is -0.125. The molecule has 1 aromatic carbocycles. The maximum atomic E-state index is 12.0. The highest BCUT2D eigenvalue weighted by atomic mass is 16.2. The van der Waals surface area contributed by atoms with Gasteiger partial charge in [-0.3, -0.25) is 9.59 Å². The van der Waals surface area contributed by atoms with E-state index in [9.17, 15) is 9.59 Å². The number of nitrogens with one attached hydrogen (secondary N) is 3. The highest BCUT2D eigenvalue weighted by Gasteiger charge is 2.28. The number of amides is 2. The van der Waals surface area contributed by atoms with Gasteiger partial charge in [0, 0.05) is 6.04 Å². The van der Waals surface area contributed by atoms with E-state index < -0.39 is 6.04 Å². The molecule has 0 aromatic heterocycles. The van der Waals surface area contributed by atoms with Gasteiger partial charge in [0.25, 0.3) is 0 Å². The molecule has 1 aliphatic carbocycles. The van der Waals surface area contributed by atoms with Crippen LogP contribution in [0, 0.1) is 0 Å². The third-order valence-corrected chi connectivity index (χ3v) is 3.94. The number of fused-ring (bicyclic) bond motifs is 1. The molecule has 2 aliphatic rings. The average molecular weight is 273 g/mol. The van der Waals surface area contributed by atoms with E-state index in [2.05, 4.69) is 16.0 Å². The zero-order valence-corrected chi connectivity index (χ0v) is 11.3. The van der Waals surface area contributed by atoms with Gasteiger partial charge < -0.3 is 16.0 Å². The fourth-order valence-corrected chi connectivity index (χ4v) is 2.88. The zero-order valence-electron chi connectivity index (χ0n) is 11.3. The zero-order chi connectivity index (χ0) is 13.9. The largest absolute Gasteiger partial charge is 0.372 e. The number of benzene rings is 1. The summed E-state index contributed by atoms with van der Waals surface area (Å²) in [5, 5.41) is 8.97. The first kappa shape index (κ1) is 13.0. The molecule has 2 amide bonds. The second kappa shape index (κ2) is 5.53. The fourth-order valence-electron chi connectivity index (χ4n) is 2.88. The predicted octanol–water partition coefficient (Wildman–Crippen LogP) is 1.87. The van der Waals surface area contributed by atoms with Gasteiger partial charge in [-0.1, -0.05) is 25.0 Å². The van der Waals surface area contributed by atoms with E-state index in [0.717, 1.165) is 24.2 Å². The first-order chi connectivity index (χ1) is 9.72. The van der Waals surface area contributed by atoms with Crippen molar-refractivity contribution < 1.29 is 9.59 Å². The van der Waals surface area contributed by atoms with Crippen molar-refractivity contribution in [3.05, 3.63) is 24.3 Å². The lowest BCUT2D eigenvalue weighted by Gasteiger charge is -2.26.